The summed E-state index contributed by atoms with van der Waals surface area (Å²) in [4.78, 5) is 34.2. The van der Waals surface area contributed by atoms with Gasteiger partial charge in [0.1, 0.15) is 5.82 Å². The van der Waals surface area contributed by atoms with Crippen LogP contribution in [0.4, 0.5) is 4.39 Å². The highest BCUT2D eigenvalue weighted by atomic mass is 19.1. The van der Waals surface area contributed by atoms with Crippen LogP contribution in [0.25, 0.3) is 0 Å². The molecule has 0 radical (unpaired) electrons. The first-order valence-corrected chi connectivity index (χ1v) is 5.98. The molecule has 0 aliphatic carbocycles. The summed E-state index contributed by atoms with van der Waals surface area (Å²) in [5, 5.41) is 2.36. The van der Waals surface area contributed by atoms with E-state index in [-0.39, 0.29) is 11.6 Å². The van der Waals surface area contributed by atoms with Crippen LogP contribution in [0, 0.1) is 12.7 Å². The Labute approximate surface area is 115 Å². The van der Waals surface area contributed by atoms with Crippen molar-refractivity contribution in [1.82, 2.24) is 16.2 Å². The zero-order chi connectivity index (χ0) is 15.3. The molecule has 0 spiro atoms. The third-order valence-corrected chi connectivity index (χ3v) is 2.35. The van der Waals surface area contributed by atoms with Gasteiger partial charge in [-0.15, -0.1) is 0 Å². The van der Waals surface area contributed by atoms with Crippen molar-refractivity contribution in [1.29, 1.82) is 0 Å². The van der Waals surface area contributed by atoms with E-state index in [1.165, 1.54) is 12.1 Å². The number of amides is 3. The van der Waals surface area contributed by atoms with E-state index in [2.05, 4.69) is 5.32 Å². The summed E-state index contributed by atoms with van der Waals surface area (Å²) in [6.45, 7) is 4.95. The lowest BCUT2D eigenvalue weighted by molar-refractivity contribution is -0.139. The van der Waals surface area contributed by atoms with E-state index in [9.17, 15) is 18.8 Å². The number of carbonyl (C=O) groups excluding carboxylic acids is 3. The van der Waals surface area contributed by atoms with Gasteiger partial charge in [0.2, 0.25) is 0 Å². The van der Waals surface area contributed by atoms with Crippen molar-refractivity contribution < 1.29 is 18.8 Å². The molecule has 0 atom stereocenters. The zero-order valence-corrected chi connectivity index (χ0v) is 11.4. The zero-order valence-electron chi connectivity index (χ0n) is 11.4. The molecule has 0 unspecified atom stereocenters. The summed E-state index contributed by atoms with van der Waals surface area (Å²) in [7, 11) is 0. The van der Waals surface area contributed by atoms with Gasteiger partial charge in [-0.05, 0) is 38.5 Å². The molecule has 1 aromatic carbocycles. The van der Waals surface area contributed by atoms with E-state index in [0.29, 0.717) is 5.56 Å². The molecular formula is C13H16FN3O3. The second-order valence-electron chi connectivity index (χ2n) is 4.50. The molecule has 0 saturated heterocycles. The average molecular weight is 281 g/mol. The summed E-state index contributed by atoms with van der Waals surface area (Å²) in [5.74, 6) is -3.11. The van der Waals surface area contributed by atoms with Crippen molar-refractivity contribution in [3.8, 4) is 0 Å². The molecule has 0 saturated carbocycles. The topological polar surface area (TPSA) is 87.3 Å². The Balaban J connectivity index is 2.57. The smallest absolute Gasteiger partial charge is 0.327 e. The van der Waals surface area contributed by atoms with Gasteiger partial charge in [0.05, 0.1) is 0 Å². The first-order chi connectivity index (χ1) is 9.31. The summed E-state index contributed by atoms with van der Waals surface area (Å²) < 4.78 is 13.3. The lowest BCUT2D eigenvalue weighted by atomic mass is 10.1. The first kappa shape index (κ1) is 15.6. The van der Waals surface area contributed by atoms with Gasteiger partial charge in [-0.25, -0.2) is 4.39 Å². The molecule has 0 bridgehead atoms. The van der Waals surface area contributed by atoms with Crippen molar-refractivity contribution in [3.05, 3.63) is 35.1 Å². The van der Waals surface area contributed by atoms with Gasteiger partial charge in [0.25, 0.3) is 5.91 Å². The molecule has 3 amide bonds. The summed E-state index contributed by atoms with van der Waals surface area (Å²) in [5.41, 5.74) is 4.42. The Bertz CT molecular complexity index is 544. The minimum absolute atomic E-state index is 0.0395. The molecule has 0 aromatic heterocycles. The molecule has 0 aliphatic heterocycles. The quantitative estimate of drug-likeness (QED) is 0.542. The number of aryl methyl sites for hydroxylation is 1. The third kappa shape index (κ3) is 4.34. The molecule has 7 heteroatoms. The Morgan fingerprint density at radius 1 is 1.10 bits per heavy atom. The monoisotopic (exact) mass is 281 g/mol. The van der Waals surface area contributed by atoms with Crippen LogP contribution in [0.1, 0.15) is 29.8 Å². The van der Waals surface area contributed by atoms with Gasteiger partial charge in [-0.3, -0.25) is 25.2 Å². The number of nitrogens with one attached hydrogen (secondary N) is 3. The Morgan fingerprint density at radius 3 is 2.30 bits per heavy atom. The van der Waals surface area contributed by atoms with Gasteiger partial charge in [0, 0.05) is 11.6 Å². The number of rotatable bonds is 2. The van der Waals surface area contributed by atoms with Crippen molar-refractivity contribution in [2.45, 2.75) is 26.8 Å². The Morgan fingerprint density at radius 2 is 1.75 bits per heavy atom. The Hall–Kier alpha value is -2.44. The van der Waals surface area contributed by atoms with Crippen molar-refractivity contribution >= 4 is 17.7 Å². The van der Waals surface area contributed by atoms with E-state index in [1.54, 1.807) is 20.8 Å². The van der Waals surface area contributed by atoms with Gasteiger partial charge in [0.15, 0.2) is 0 Å². The van der Waals surface area contributed by atoms with E-state index in [4.69, 9.17) is 0 Å². The van der Waals surface area contributed by atoms with Crippen molar-refractivity contribution in [3.63, 3.8) is 0 Å². The van der Waals surface area contributed by atoms with Gasteiger partial charge < -0.3 is 5.32 Å². The number of benzene rings is 1. The molecule has 0 heterocycles. The fourth-order valence-electron chi connectivity index (χ4n) is 1.30. The molecule has 20 heavy (non-hydrogen) atoms. The third-order valence-electron chi connectivity index (χ3n) is 2.35. The van der Waals surface area contributed by atoms with Crippen LogP contribution in [0.2, 0.25) is 0 Å². The molecule has 6 nitrogen and oxygen atoms in total. The number of hydrazine groups is 1. The highest BCUT2D eigenvalue weighted by Gasteiger charge is 2.15. The fraction of sp³-hybridized carbons (Fsp3) is 0.308. The largest absolute Gasteiger partial charge is 0.346 e. The average Bonchev–Trinajstić information content (AvgIpc) is 2.37. The van der Waals surface area contributed by atoms with Crippen LogP contribution in [0.15, 0.2) is 18.2 Å². The first-order valence-electron chi connectivity index (χ1n) is 5.98. The normalized spacial score (nSPS) is 10.1. The van der Waals surface area contributed by atoms with Crippen LogP contribution in [-0.4, -0.2) is 23.8 Å². The highest BCUT2D eigenvalue weighted by molar-refractivity contribution is 6.35. The number of hydrogen-bond acceptors (Lipinski definition) is 3. The highest BCUT2D eigenvalue weighted by Crippen LogP contribution is 2.08. The van der Waals surface area contributed by atoms with E-state index in [1.807, 2.05) is 10.9 Å². The van der Waals surface area contributed by atoms with E-state index >= 15 is 0 Å². The van der Waals surface area contributed by atoms with Crippen molar-refractivity contribution in [2.24, 2.45) is 0 Å². The van der Waals surface area contributed by atoms with Crippen LogP contribution < -0.4 is 16.2 Å². The molecule has 1 aromatic rings. The maximum Gasteiger partial charge on any atom is 0.327 e. The van der Waals surface area contributed by atoms with Crippen LogP contribution in [0.3, 0.4) is 0 Å². The van der Waals surface area contributed by atoms with Gasteiger partial charge in [-0.2, -0.15) is 0 Å². The number of hydrogen-bond donors (Lipinski definition) is 3. The SMILES string of the molecule is Cc1ccc(C(=O)NNC(=O)C(=O)NC(C)C)cc1F. The molecule has 1 rings (SSSR count). The maximum absolute atomic E-state index is 13.3. The molecule has 3 N–H and O–H groups in total. The van der Waals surface area contributed by atoms with Crippen LogP contribution in [-0.2, 0) is 9.59 Å². The minimum atomic E-state index is -1.00. The molecule has 108 valence electrons. The number of carbonyl (C=O) groups is 3. The summed E-state index contributed by atoms with van der Waals surface area (Å²) in [6, 6.07) is 3.70. The van der Waals surface area contributed by atoms with Crippen LogP contribution in [0.5, 0.6) is 0 Å². The lowest BCUT2D eigenvalue weighted by Crippen LogP contribution is -2.49. The maximum atomic E-state index is 13.3. The summed E-state index contributed by atoms with van der Waals surface area (Å²) in [6.07, 6.45) is 0. The second kappa shape index (κ2) is 6.65. The fourth-order valence-corrected chi connectivity index (χ4v) is 1.30. The standard InChI is InChI=1S/C13H16FN3O3/c1-7(2)15-12(19)13(20)17-16-11(18)9-5-4-8(3)10(14)6-9/h4-7H,1-3H3,(H,15,19)(H,16,18)(H,17,20). The Kier molecular flexibility index (Phi) is 5.19. The van der Waals surface area contributed by atoms with Crippen molar-refractivity contribution in [2.75, 3.05) is 0 Å². The molecular weight excluding hydrogens is 265 g/mol. The van der Waals surface area contributed by atoms with E-state index in [0.717, 1.165) is 6.07 Å². The van der Waals surface area contributed by atoms with Gasteiger partial charge in [-0.1, -0.05) is 6.07 Å². The number of halogens is 1. The predicted molar refractivity (Wildman–Crippen MR) is 70.0 cm³/mol. The van der Waals surface area contributed by atoms with Gasteiger partial charge >= 0.3 is 11.8 Å². The lowest BCUT2D eigenvalue weighted by Gasteiger charge is -2.10. The van der Waals surface area contributed by atoms with E-state index < -0.39 is 23.5 Å². The molecule has 0 aliphatic rings. The van der Waals surface area contributed by atoms with Crippen LogP contribution >= 0.6 is 0 Å². The summed E-state index contributed by atoms with van der Waals surface area (Å²) >= 11 is 0. The minimum Gasteiger partial charge on any atom is -0.346 e. The molecule has 0 fully saturated rings. The second-order valence-corrected chi connectivity index (χ2v) is 4.50. The predicted octanol–water partition coefficient (Wildman–Crippen LogP) is 0.420.